The Kier molecular flexibility index (Phi) is 4.14. The van der Waals surface area contributed by atoms with Crippen LogP contribution in [0, 0.1) is 11.6 Å². The van der Waals surface area contributed by atoms with Crippen LogP contribution in [0.5, 0.6) is 0 Å². The van der Waals surface area contributed by atoms with Crippen molar-refractivity contribution in [3.8, 4) is 0 Å². The van der Waals surface area contributed by atoms with E-state index < -0.39 is 23.6 Å². The van der Waals surface area contributed by atoms with Gasteiger partial charge in [-0.2, -0.15) is 0 Å². The molecule has 2 N–H and O–H groups in total. The van der Waals surface area contributed by atoms with Crippen molar-refractivity contribution in [1.82, 2.24) is 5.32 Å². The first-order valence-electron chi connectivity index (χ1n) is 4.92. The molecule has 92 valence electrons. The van der Waals surface area contributed by atoms with Crippen molar-refractivity contribution in [2.24, 2.45) is 0 Å². The van der Waals surface area contributed by atoms with E-state index in [0.717, 1.165) is 12.1 Å². The minimum absolute atomic E-state index is 0.00435. The summed E-state index contributed by atoms with van der Waals surface area (Å²) in [7, 11) is 0. The van der Waals surface area contributed by atoms with Gasteiger partial charge in [-0.05, 0) is 19.1 Å². The average Bonchev–Trinajstić information content (AvgIpc) is 2.14. The van der Waals surface area contributed by atoms with Gasteiger partial charge < -0.3 is 10.6 Å². The van der Waals surface area contributed by atoms with Gasteiger partial charge >= 0.3 is 0 Å². The number of anilines is 1. The van der Waals surface area contributed by atoms with Crippen LogP contribution in [0.25, 0.3) is 0 Å². The van der Waals surface area contributed by atoms with Crippen molar-refractivity contribution < 1.29 is 18.4 Å². The molecule has 0 radical (unpaired) electrons. The maximum absolute atomic E-state index is 12.8. The monoisotopic (exact) mass is 242 g/mol. The lowest BCUT2D eigenvalue weighted by Gasteiger charge is -2.12. The molecule has 1 atom stereocenters. The highest BCUT2D eigenvalue weighted by molar-refractivity contribution is 5.96. The van der Waals surface area contributed by atoms with Gasteiger partial charge in [0.2, 0.25) is 11.8 Å². The molecule has 17 heavy (non-hydrogen) atoms. The lowest BCUT2D eigenvalue weighted by atomic mass is 10.2. The van der Waals surface area contributed by atoms with E-state index in [0.29, 0.717) is 6.07 Å². The molecular formula is C11H12F2N2O2. The third kappa shape index (κ3) is 4.18. The number of carbonyl (C=O) groups is 2. The van der Waals surface area contributed by atoms with E-state index in [2.05, 4.69) is 10.6 Å². The Morgan fingerprint density at radius 3 is 2.18 bits per heavy atom. The summed E-state index contributed by atoms with van der Waals surface area (Å²) < 4.78 is 25.7. The highest BCUT2D eigenvalue weighted by atomic mass is 19.1. The molecule has 1 aromatic rings. The Hall–Kier alpha value is -1.98. The van der Waals surface area contributed by atoms with E-state index in [-0.39, 0.29) is 11.6 Å². The minimum Gasteiger partial charge on any atom is -0.345 e. The van der Waals surface area contributed by atoms with Crippen molar-refractivity contribution in [3.05, 3.63) is 29.8 Å². The summed E-state index contributed by atoms with van der Waals surface area (Å²) in [5.41, 5.74) is 0.00435. The molecule has 0 saturated carbocycles. The maximum atomic E-state index is 12.8. The van der Waals surface area contributed by atoms with Crippen LogP contribution in [0.4, 0.5) is 14.5 Å². The third-order valence-electron chi connectivity index (χ3n) is 1.94. The molecule has 0 fully saturated rings. The number of nitrogens with one attached hydrogen (secondary N) is 2. The van der Waals surface area contributed by atoms with E-state index >= 15 is 0 Å². The number of carbonyl (C=O) groups excluding carboxylic acids is 2. The second-order valence-corrected chi connectivity index (χ2v) is 3.57. The zero-order valence-electron chi connectivity index (χ0n) is 9.38. The Bertz CT molecular complexity index is 429. The quantitative estimate of drug-likeness (QED) is 0.842. The number of hydrogen-bond donors (Lipinski definition) is 2. The largest absolute Gasteiger partial charge is 0.345 e. The van der Waals surface area contributed by atoms with Gasteiger partial charge in [0.25, 0.3) is 0 Å². The molecule has 0 saturated heterocycles. The molecule has 0 heterocycles. The third-order valence-corrected chi connectivity index (χ3v) is 1.94. The molecule has 0 spiro atoms. The summed E-state index contributed by atoms with van der Waals surface area (Å²) in [5, 5.41) is 4.65. The molecule has 2 amide bonds. The van der Waals surface area contributed by atoms with Crippen molar-refractivity contribution in [1.29, 1.82) is 0 Å². The molecule has 4 nitrogen and oxygen atoms in total. The van der Waals surface area contributed by atoms with Gasteiger partial charge in [0, 0.05) is 18.7 Å². The summed E-state index contributed by atoms with van der Waals surface area (Å²) in [6.07, 6.45) is 0. The summed E-state index contributed by atoms with van der Waals surface area (Å²) >= 11 is 0. The molecule has 0 aromatic heterocycles. The molecule has 1 rings (SSSR count). The summed E-state index contributed by atoms with van der Waals surface area (Å²) in [6.45, 7) is 2.73. The standard InChI is InChI=1S/C11H12F2N2O2/c1-6(14-7(2)16)11(17)15-10-4-8(12)3-9(13)5-10/h3-6H,1-2H3,(H,14,16)(H,15,17)/t6-/m0/s1. The number of amides is 2. The van der Waals surface area contributed by atoms with Crippen LogP contribution in [0.1, 0.15) is 13.8 Å². The summed E-state index contributed by atoms with van der Waals surface area (Å²) in [4.78, 5) is 22.2. The van der Waals surface area contributed by atoms with Crippen LogP contribution in [0.15, 0.2) is 18.2 Å². The van der Waals surface area contributed by atoms with E-state index in [9.17, 15) is 18.4 Å². The Morgan fingerprint density at radius 1 is 1.18 bits per heavy atom. The molecule has 0 aliphatic heterocycles. The van der Waals surface area contributed by atoms with E-state index in [1.54, 1.807) is 0 Å². The van der Waals surface area contributed by atoms with E-state index in [1.807, 2.05) is 0 Å². The summed E-state index contributed by atoms with van der Waals surface area (Å²) in [6, 6.07) is 1.90. The van der Waals surface area contributed by atoms with E-state index in [4.69, 9.17) is 0 Å². The van der Waals surface area contributed by atoms with Gasteiger partial charge in [-0.1, -0.05) is 0 Å². The number of rotatable bonds is 3. The second kappa shape index (κ2) is 5.38. The van der Waals surface area contributed by atoms with Gasteiger partial charge in [-0.3, -0.25) is 9.59 Å². The smallest absolute Gasteiger partial charge is 0.246 e. The fourth-order valence-corrected chi connectivity index (χ4v) is 1.25. The van der Waals surface area contributed by atoms with Gasteiger partial charge in [-0.25, -0.2) is 8.78 Å². The first kappa shape index (κ1) is 13.1. The minimum atomic E-state index is -0.785. The number of benzene rings is 1. The molecule has 0 aliphatic rings. The summed E-state index contributed by atoms with van der Waals surface area (Å²) in [5.74, 6) is -2.48. The van der Waals surface area contributed by atoms with Crippen molar-refractivity contribution in [2.75, 3.05) is 5.32 Å². The number of hydrogen-bond acceptors (Lipinski definition) is 2. The maximum Gasteiger partial charge on any atom is 0.246 e. The van der Waals surface area contributed by atoms with Gasteiger partial charge in [0.05, 0.1) is 0 Å². The Labute approximate surface area is 97.0 Å². The fourth-order valence-electron chi connectivity index (χ4n) is 1.25. The normalized spacial score (nSPS) is 11.8. The Balaban J connectivity index is 2.70. The van der Waals surface area contributed by atoms with Crippen molar-refractivity contribution in [3.63, 3.8) is 0 Å². The lowest BCUT2D eigenvalue weighted by molar-refractivity contribution is -0.124. The predicted octanol–water partition coefficient (Wildman–Crippen LogP) is 1.43. The van der Waals surface area contributed by atoms with Crippen LogP contribution in [0.2, 0.25) is 0 Å². The van der Waals surface area contributed by atoms with E-state index in [1.165, 1.54) is 13.8 Å². The highest BCUT2D eigenvalue weighted by Crippen LogP contribution is 2.12. The molecule has 6 heteroatoms. The van der Waals surface area contributed by atoms with Crippen LogP contribution < -0.4 is 10.6 Å². The average molecular weight is 242 g/mol. The first-order chi connectivity index (χ1) is 7.88. The molecule has 0 aliphatic carbocycles. The van der Waals surface area contributed by atoms with Gasteiger partial charge in [0.1, 0.15) is 17.7 Å². The van der Waals surface area contributed by atoms with Crippen molar-refractivity contribution >= 4 is 17.5 Å². The zero-order valence-corrected chi connectivity index (χ0v) is 9.38. The topological polar surface area (TPSA) is 58.2 Å². The Morgan fingerprint density at radius 2 is 1.71 bits per heavy atom. The fraction of sp³-hybridized carbons (Fsp3) is 0.273. The number of halogens is 2. The van der Waals surface area contributed by atoms with Gasteiger partial charge in [0.15, 0.2) is 0 Å². The second-order valence-electron chi connectivity index (χ2n) is 3.57. The highest BCUT2D eigenvalue weighted by Gasteiger charge is 2.14. The van der Waals surface area contributed by atoms with Crippen LogP contribution in [-0.4, -0.2) is 17.9 Å². The predicted molar refractivity (Wildman–Crippen MR) is 58.3 cm³/mol. The van der Waals surface area contributed by atoms with Crippen LogP contribution in [0.3, 0.4) is 0 Å². The zero-order chi connectivity index (χ0) is 13.0. The first-order valence-corrected chi connectivity index (χ1v) is 4.92. The molecule has 1 aromatic carbocycles. The SMILES string of the molecule is CC(=O)N[C@@H](C)C(=O)Nc1cc(F)cc(F)c1. The van der Waals surface area contributed by atoms with Crippen molar-refractivity contribution in [2.45, 2.75) is 19.9 Å². The molecule has 0 unspecified atom stereocenters. The van der Waals surface area contributed by atoms with Crippen LogP contribution in [-0.2, 0) is 9.59 Å². The van der Waals surface area contributed by atoms with Gasteiger partial charge in [-0.15, -0.1) is 0 Å². The molecule has 0 bridgehead atoms. The lowest BCUT2D eigenvalue weighted by Crippen LogP contribution is -2.40. The molecular weight excluding hydrogens is 230 g/mol. The van der Waals surface area contributed by atoms with Crippen LogP contribution >= 0.6 is 0 Å².